The van der Waals surface area contributed by atoms with Gasteiger partial charge in [-0.15, -0.1) is 0 Å². The molecule has 0 bridgehead atoms. The second-order valence-electron chi connectivity index (χ2n) is 7.40. The standard InChI is InChI=1S/C22H25F3N4O2/c1-5-28(3)14-26-19-11-20(31-4)17(10-15(19)2)21(30,22(23,24)25)13-29-12-16-8-6-7-9-18(16)27-29/h6-12,14,30H,5,13H2,1-4H3. The van der Waals surface area contributed by atoms with Crippen LogP contribution in [-0.4, -0.2) is 53.0 Å². The number of aryl methyl sites for hydroxylation is 1. The molecular formula is C22H25F3N4O2. The van der Waals surface area contributed by atoms with Gasteiger partial charge >= 0.3 is 6.18 Å². The zero-order valence-electron chi connectivity index (χ0n) is 17.8. The van der Waals surface area contributed by atoms with E-state index in [9.17, 15) is 18.3 Å². The number of nitrogens with zero attached hydrogens (tertiary/aromatic N) is 4. The Kier molecular flexibility index (Phi) is 6.26. The van der Waals surface area contributed by atoms with Crippen LogP contribution in [-0.2, 0) is 12.1 Å². The first kappa shape index (κ1) is 22.6. The van der Waals surface area contributed by atoms with E-state index in [1.165, 1.54) is 25.4 Å². The first-order chi connectivity index (χ1) is 14.6. The fraction of sp³-hybridized carbons (Fsp3) is 0.364. The average molecular weight is 434 g/mol. The number of fused-ring (bicyclic) bond motifs is 1. The lowest BCUT2D eigenvalue weighted by Crippen LogP contribution is -2.46. The molecule has 0 saturated heterocycles. The van der Waals surface area contributed by atoms with Crippen LogP contribution in [0.3, 0.4) is 0 Å². The van der Waals surface area contributed by atoms with Crippen molar-refractivity contribution in [1.82, 2.24) is 14.7 Å². The molecule has 166 valence electrons. The van der Waals surface area contributed by atoms with Gasteiger partial charge in [-0.3, -0.25) is 4.68 Å². The summed E-state index contributed by atoms with van der Waals surface area (Å²) >= 11 is 0. The van der Waals surface area contributed by atoms with Gasteiger partial charge in [-0.1, -0.05) is 18.2 Å². The number of methoxy groups -OCH3 is 1. The molecule has 0 aliphatic rings. The molecule has 0 spiro atoms. The Hall–Kier alpha value is -3.07. The van der Waals surface area contributed by atoms with Crippen molar-refractivity contribution in [3.63, 3.8) is 0 Å². The fourth-order valence-electron chi connectivity index (χ4n) is 3.21. The van der Waals surface area contributed by atoms with Crippen LogP contribution in [0, 0.1) is 6.92 Å². The van der Waals surface area contributed by atoms with E-state index in [1.807, 2.05) is 18.9 Å². The summed E-state index contributed by atoms with van der Waals surface area (Å²) in [6.07, 6.45) is -1.91. The van der Waals surface area contributed by atoms with E-state index in [0.29, 0.717) is 22.2 Å². The summed E-state index contributed by atoms with van der Waals surface area (Å²) in [5, 5.41) is 15.8. The van der Waals surface area contributed by atoms with E-state index in [-0.39, 0.29) is 11.3 Å². The van der Waals surface area contributed by atoms with Crippen molar-refractivity contribution >= 4 is 22.9 Å². The molecule has 0 aliphatic carbocycles. The normalized spacial score (nSPS) is 14.2. The van der Waals surface area contributed by atoms with Crippen LogP contribution >= 0.6 is 0 Å². The summed E-state index contributed by atoms with van der Waals surface area (Å²) in [4.78, 5) is 6.15. The minimum Gasteiger partial charge on any atom is -0.496 e. The molecule has 1 unspecified atom stereocenters. The highest BCUT2D eigenvalue weighted by Crippen LogP contribution is 2.45. The lowest BCUT2D eigenvalue weighted by Gasteiger charge is -2.32. The molecule has 6 nitrogen and oxygen atoms in total. The van der Waals surface area contributed by atoms with Crippen molar-refractivity contribution in [3.8, 4) is 5.75 Å². The zero-order valence-corrected chi connectivity index (χ0v) is 17.8. The summed E-state index contributed by atoms with van der Waals surface area (Å²) in [6.45, 7) is 3.50. The van der Waals surface area contributed by atoms with Gasteiger partial charge in [0.2, 0.25) is 5.60 Å². The highest BCUT2D eigenvalue weighted by Gasteiger charge is 2.57. The number of aliphatic imine (C=N–C) groups is 1. The van der Waals surface area contributed by atoms with Crippen LogP contribution in [0.5, 0.6) is 5.75 Å². The van der Waals surface area contributed by atoms with E-state index in [1.54, 1.807) is 37.5 Å². The number of alkyl halides is 3. The van der Waals surface area contributed by atoms with Gasteiger partial charge < -0.3 is 14.7 Å². The summed E-state index contributed by atoms with van der Waals surface area (Å²) in [6, 6.07) is 9.64. The van der Waals surface area contributed by atoms with Crippen LogP contribution in [0.4, 0.5) is 18.9 Å². The van der Waals surface area contributed by atoms with Crippen molar-refractivity contribution in [1.29, 1.82) is 0 Å². The number of ether oxygens (including phenoxy) is 1. The molecule has 0 fully saturated rings. The van der Waals surface area contributed by atoms with Gasteiger partial charge in [0.1, 0.15) is 5.75 Å². The van der Waals surface area contributed by atoms with E-state index in [2.05, 4.69) is 10.1 Å². The lowest BCUT2D eigenvalue weighted by molar-refractivity contribution is -0.273. The Labute approximate surface area is 178 Å². The van der Waals surface area contributed by atoms with E-state index in [0.717, 1.165) is 11.2 Å². The highest BCUT2D eigenvalue weighted by atomic mass is 19.4. The Morgan fingerprint density at radius 3 is 2.58 bits per heavy atom. The van der Waals surface area contributed by atoms with Crippen LogP contribution in [0.15, 0.2) is 47.6 Å². The number of hydrogen-bond donors (Lipinski definition) is 1. The second kappa shape index (κ2) is 8.58. The molecule has 1 heterocycles. The second-order valence-corrected chi connectivity index (χ2v) is 7.40. The largest absolute Gasteiger partial charge is 0.496 e. The minimum absolute atomic E-state index is 0.103. The van der Waals surface area contributed by atoms with Crippen LogP contribution in [0.2, 0.25) is 0 Å². The summed E-state index contributed by atoms with van der Waals surface area (Å²) in [7, 11) is 3.10. The SMILES string of the molecule is CCN(C)C=Nc1cc(OC)c(C(O)(Cn2cc3ccccc3n2)C(F)(F)F)cc1C. The Morgan fingerprint density at radius 2 is 1.97 bits per heavy atom. The van der Waals surface area contributed by atoms with Gasteiger partial charge in [0.05, 0.1) is 31.2 Å². The number of aliphatic hydroxyl groups is 1. The van der Waals surface area contributed by atoms with Gasteiger partial charge in [0.15, 0.2) is 0 Å². The van der Waals surface area contributed by atoms with Gasteiger partial charge in [-0.25, -0.2) is 4.99 Å². The van der Waals surface area contributed by atoms with E-state index >= 15 is 0 Å². The molecule has 0 aliphatic heterocycles. The van der Waals surface area contributed by atoms with E-state index in [4.69, 9.17) is 4.74 Å². The smallest absolute Gasteiger partial charge is 0.423 e. The third-order valence-corrected chi connectivity index (χ3v) is 5.18. The van der Waals surface area contributed by atoms with Crippen LogP contribution in [0.1, 0.15) is 18.1 Å². The molecule has 3 rings (SSSR count). The summed E-state index contributed by atoms with van der Waals surface area (Å²) < 4.78 is 48.9. The lowest BCUT2D eigenvalue weighted by atomic mass is 9.90. The number of aromatic nitrogens is 2. The molecule has 1 atom stereocenters. The predicted octanol–water partition coefficient (Wildman–Crippen LogP) is 4.41. The summed E-state index contributed by atoms with van der Waals surface area (Å²) in [5.41, 5.74) is -2.13. The van der Waals surface area contributed by atoms with Gasteiger partial charge in [-0.2, -0.15) is 18.3 Å². The topological polar surface area (TPSA) is 62.9 Å². The number of hydrogen-bond acceptors (Lipinski definition) is 4. The number of rotatable bonds is 7. The van der Waals surface area contributed by atoms with Gasteiger partial charge in [0, 0.05) is 36.8 Å². The molecule has 3 aromatic rings. The molecule has 2 aromatic carbocycles. The average Bonchev–Trinajstić information content (AvgIpc) is 3.13. The monoisotopic (exact) mass is 434 g/mol. The van der Waals surface area contributed by atoms with Crippen LogP contribution < -0.4 is 4.74 Å². The fourth-order valence-corrected chi connectivity index (χ4v) is 3.21. The molecule has 31 heavy (non-hydrogen) atoms. The van der Waals surface area contributed by atoms with Crippen molar-refractivity contribution in [3.05, 3.63) is 53.7 Å². The van der Waals surface area contributed by atoms with Crippen molar-refractivity contribution in [2.75, 3.05) is 20.7 Å². The van der Waals surface area contributed by atoms with Gasteiger partial charge in [0.25, 0.3) is 0 Å². The quantitative estimate of drug-likeness (QED) is 0.442. The predicted molar refractivity (Wildman–Crippen MR) is 114 cm³/mol. The highest BCUT2D eigenvalue weighted by molar-refractivity contribution is 5.77. The molecule has 0 saturated carbocycles. The molecule has 1 aromatic heterocycles. The molecule has 0 radical (unpaired) electrons. The first-order valence-electron chi connectivity index (χ1n) is 9.74. The first-order valence-corrected chi connectivity index (χ1v) is 9.74. The van der Waals surface area contributed by atoms with Crippen molar-refractivity contribution in [2.45, 2.75) is 32.2 Å². The van der Waals surface area contributed by atoms with Crippen molar-refractivity contribution in [2.24, 2.45) is 4.99 Å². The molecular weight excluding hydrogens is 409 g/mol. The third kappa shape index (κ3) is 4.51. The molecule has 1 N–H and O–H groups in total. The minimum atomic E-state index is -4.97. The van der Waals surface area contributed by atoms with Gasteiger partial charge in [-0.05, 0) is 31.5 Å². The third-order valence-electron chi connectivity index (χ3n) is 5.18. The van der Waals surface area contributed by atoms with Crippen molar-refractivity contribution < 1.29 is 23.0 Å². The van der Waals surface area contributed by atoms with Crippen LogP contribution in [0.25, 0.3) is 10.9 Å². The maximum Gasteiger partial charge on any atom is 0.423 e. The Balaban J connectivity index is 2.09. The van der Waals surface area contributed by atoms with E-state index < -0.39 is 18.3 Å². The number of benzene rings is 2. The Morgan fingerprint density at radius 1 is 1.26 bits per heavy atom. The number of halogens is 3. The zero-order chi connectivity index (χ0) is 22.8. The maximum absolute atomic E-state index is 14.2. The molecule has 0 amide bonds. The maximum atomic E-state index is 14.2. The Bertz CT molecular complexity index is 1060. The molecule has 9 heteroatoms. The summed E-state index contributed by atoms with van der Waals surface area (Å²) in [5.74, 6) is -0.103.